The van der Waals surface area contributed by atoms with E-state index in [9.17, 15) is 13.6 Å². The van der Waals surface area contributed by atoms with E-state index in [2.05, 4.69) is 15.0 Å². The Hall–Kier alpha value is -4.51. The minimum atomic E-state index is -3.82. The first kappa shape index (κ1) is 27.1. The molecule has 2 heterocycles. The molecule has 9 nitrogen and oxygen atoms in total. The molecule has 2 N–H and O–H groups in total. The topological polar surface area (TPSA) is 110 Å². The summed E-state index contributed by atoms with van der Waals surface area (Å²) in [5.41, 5.74) is 6.14. The predicted octanol–water partition coefficient (Wildman–Crippen LogP) is 5.87. The summed E-state index contributed by atoms with van der Waals surface area (Å²) in [6, 6.07) is 16.8. The number of carbonyl (C=O) groups excluding carboxylic acids is 1. The van der Waals surface area contributed by atoms with Crippen LogP contribution in [0.1, 0.15) is 35.8 Å². The zero-order valence-electron chi connectivity index (χ0n) is 21.8. The highest BCUT2D eigenvalue weighted by atomic mass is 35.5. The third kappa shape index (κ3) is 5.59. The average Bonchev–Trinajstić information content (AvgIpc) is 3.53. The molecule has 5 aromatic rings. The molecule has 40 heavy (non-hydrogen) atoms. The summed E-state index contributed by atoms with van der Waals surface area (Å²) < 4.78 is 39.5. The lowest BCUT2D eigenvalue weighted by Gasteiger charge is -2.16. The molecule has 0 bridgehead atoms. The molecule has 0 saturated heterocycles. The molecule has 2 aromatic heterocycles. The van der Waals surface area contributed by atoms with Crippen molar-refractivity contribution in [3.05, 3.63) is 78.0 Å². The molecule has 5 rings (SSSR count). The van der Waals surface area contributed by atoms with E-state index in [1.54, 1.807) is 42.3 Å². The normalized spacial score (nSPS) is 11.8. The van der Waals surface area contributed by atoms with Crippen molar-refractivity contribution < 1.29 is 23.0 Å². The number of halogens is 3. The van der Waals surface area contributed by atoms with E-state index >= 15 is 0 Å². The second-order valence-electron chi connectivity index (χ2n) is 9.38. The lowest BCUT2D eigenvalue weighted by atomic mass is 10.0. The van der Waals surface area contributed by atoms with Crippen molar-refractivity contribution in [1.29, 1.82) is 0 Å². The van der Waals surface area contributed by atoms with Crippen molar-refractivity contribution in [3.8, 4) is 34.1 Å². The number of imidazole rings is 1. The number of nitrogens with zero attached hydrogens (tertiary/aromatic N) is 5. The lowest BCUT2D eigenvalue weighted by Crippen LogP contribution is -2.15. The van der Waals surface area contributed by atoms with Gasteiger partial charge in [-0.3, -0.25) is 4.79 Å². The van der Waals surface area contributed by atoms with Crippen LogP contribution in [0.25, 0.3) is 33.7 Å². The smallest absolute Gasteiger partial charge is 0.487 e. The van der Waals surface area contributed by atoms with Gasteiger partial charge < -0.3 is 19.8 Å². The van der Waals surface area contributed by atoms with Crippen LogP contribution in [0, 0.1) is 0 Å². The number of hydrogen-bond donors (Lipinski definition) is 1. The Kier molecular flexibility index (Phi) is 7.16. The number of primary amides is 1. The SMILES string of the molecule is COc1ccc(Cn2cc(-c3cc(C(N)=O)cc4nc(-c5ccc(OC(F)(F)Cl)cc5)n(C(C)C)c34)nn2)cc1. The van der Waals surface area contributed by atoms with Gasteiger partial charge in [0.2, 0.25) is 5.91 Å². The Bertz CT molecular complexity index is 1680. The zero-order valence-corrected chi connectivity index (χ0v) is 22.6. The van der Waals surface area contributed by atoms with E-state index in [0.717, 1.165) is 16.8 Å². The molecule has 0 fully saturated rings. The highest BCUT2D eigenvalue weighted by Gasteiger charge is 2.28. The first-order valence-electron chi connectivity index (χ1n) is 12.3. The monoisotopic (exact) mass is 566 g/mol. The molecule has 0 unspecified atom stereocenters. The third-order valence-corrected chi connectivity index (χ3v) is 6.33. The van der Waals surface area contributed by atoms with Crippen LogP contribution in [0.2, 0.25) is 0 Å². The maximum absolute atomic E-state index is 13.1. The molecule has 0 radical (unpaired) electrons. The molecular formula is C28H25ClF2N6O3. The number of carbonyl (C=O) groups is 1. The van der Waals surface area contributed by atoms with Crippen LogP contribution in [0.15, 0.2) is 66.9 Å². The van der Waals surface area contributed by atoms with E-state index in [1.807, 2.05) is 42.7 Å². The van der Waals surface area contributed by atoms with Crippen molar-refractivity contribution in [1.82, 2.24) is 24.5 Å². The Morgan fingerprint density at radius 3 is 2.35 bits per heavy atom. The number of benzene rings is 3. The maximum Gasteiger partial charge on any atom is 0.487 e. The van der Waals surface area contributed by atoms with Crippen molar-refractivity contribution in [2.24, 2.45) is 5.73 Å². The summed E-state index contributed by atoms with van der Waals surface area (Å²) in [7, 11) is 1.61. The second-order valence-corrected chi connectivity index (χ2v) is 9.82. The van der Waals surface area contributed by atoms with Gasteiger partial charge in [-0.15, -0.1) is 13.9 Å². The van der Waals surface area contributed by atoms with Crippen LogP contribution < -0.4 is 15.2 Å². The van der Waals surface area contributed by atoms with Crippen molar-refractivity contribution in [2.45, 2.75) is 32.0 Å². The first-order valence-corrected chi connectivity index (χ1v) is 12.7. The number of alkyl halides is 3. The van der Waals surface area contributed by atoms with Gasteiger partial charge in [0.1, 0.15) is 23.0 Å². The van der Waals surface area contributed by atoms with Crippen molar-refractivity contribution >= 4 is 28.5 Å². The Morgan fingerprint density at radius 2 is 1.75 bits per heavy atom. The Balaban J connectivity index is 1.60. The maximum atomic E-state index is 13.1. The van der Waals surface area contributed by atoms with E-state index < -0.39 is 11.5 Å². The zero-order chi connectivity index (χ0) is 28.6. The number of amides is 1. The summed E-state index contributed by atoms with van der Waals surface area (Å²) in [6.45, 7) is 4.45. The Labute approximate surface area is 233 Å². The quantitative estimate of drug-likeness (QED) is 0.224. The number of hydrogen-bond acceptors (Lipinski definition) is 6. The van der Waals surface area contributed by atoms with E-state index in [4.69, 9.17) is 27.1 Å². The Morgan fingerprint density at radius 1 is 1.07 bits per heavy atom. The van der Waals surface area contributed by atoms with Gasteiger partial charge in [-0.1, -0.05) is 17.3 Å². The average molecular weight is 567 g/mol. The van der Waals surface area contributed by atoms with E-state index in [0.29, 0.717) is 34.7 Å². The number of fused-ring (bicyclic) bond motifs is 1. The fraction of sp³-hybridized carbons (Fsp3) is 0.214. The summed E-state index contributed by atoms with van der Waals surface area (Å²) in [4.78, 5) is 17.0. The fourth-order valence-electron chi connectivity index (χ4n) is 4.50. The van der Waals surface area contributed by atoms with Crippen LogP contribution in [0.5, 0.6) is 11.5 Å². The number of rotatable bonds is 9. The summed E-state index contributed by atoms with van der Waals surface area (Å²) in [5.74, 6) is 0.604. The van der Waals surface area contributed by atoms with Gasteiger partial charge >= 0.3 is 5.57 Å². The van der Waals surface area contributed by atoms with Crippen LogP contribution in [0.3, 0.4) is 0 Å². The molecule has 0 saturated carbocycles. The van der Waals surface area contributed by atoms with E-state index in [1.165, 1.54) is 12.1 Å². The van der Waals surface area contributed by atoms with Gasteiger partial charge in [0, 0.05) is 34.3 Å². The summed E-state index contributed by atoms with van der Waals surface area (Å²) in [6.07, 6.45) is 1.79. The molecule has 0 atom stereocenters. The van der Waals surface area contributed by atoms with Crippen molar-refractivity contribution in [3.63, 3.8) is 0 Å². The number of aromatic nitrogens is 5. The second kappa shape index (κ2) is 10.6. The molecule has 0 aliphatic carbocycles. The van der Waals surface area contributed by atoms with Crippen molar-refractivity contribution in [2.75, 3.05) is 7.11 Å². The molecule has 0 spiro atoms. The van der Waals surface area contributed by atoms with Crippen LogP contribution in [-0.4, -0.2) is 43.1 Å². The fourth-order valence-corrected chi connectivity index (χ4v) is 4.59. The van der Waals surface area contributed by atoms with Gasteiger partial charge in [-0.2, -0.15) is 0 Å². The molecule has 12 heteroatoms. The predicted molar refractivity (Wildman–Crippen MR) is 147 cm³/mol. The highest BCUT2D eigenvalue weighted by molar-refractivity contribution is 6.20. The molecule has 0 aliphatic heterocycles. The number of ether oxygens (including phenoxy) is 2. The van der Waals surface area contributed by atoms with Gasteiger partial charge in [0.25, 0.3) is 0 Å². The lowest BCUT2D eigenvalue weighted by molar-refractivity contribution is -0.0964. The summed E-state index contributed by atoms with van der Waals surface area (Å²) in [5, 5.41) is 8.68. The molecule has 1 amide bonds. The number of methoxy groups -OCH3 is 1. The largest absolute Gasteiger partial charge is 0.497 e. The van der Waals surface area contributed by atoms with Crippen LogP contribution >= 0.6 is 11.6 Å². The molecule has 3 aromatic carbocycles. The van der Waals surface area contributed by atoms with Gasteiger partial charge in [-0.25, -0.2) is 9.67 Å². The standard InChI is InChI=1S/C28H25ClF2N6O3/c1-16(2)37-25-22(24-15-36(35-34-24)14-17-4-8-20(39-3)9-5-17)12-19(26(32)38)13-23(25)33-27(37)18-6-10-21(11-7-18)40-28(29,30)31/h4-13,15-16H,14H2,1-3H3,(H2,32,38). The molecular weight excluding hydrogens is 542 g/mol. The highest BCUT2D eigenvalue weighted by Crippen LogP contribution is 2.36. The molecule has 0 aliphatic rings. The summed E-state index contributed by atoms with van der Waals surface area (Å²) >= 11 is 4.89. The first-order chi connectivity index (χ1) is 19.0. The number of nitrogens with two attached hydrogens (primary N) is 1. The minimum absolute atomic E-state index is 0.0735. The third-order valence-electron chi connectivity index (χ3n) is 6.25. The van der Waals surface area contributed by atoms with Gasteiger partial charge in [-0.05, 0) is 67.9 Å². The molecule has 206 valence electrons. The van der Waals surface area contributed by atoms with Crippen LogP contribution in [0.4, 0.5) is 8.78 Å². The van der Waals surface area contributed by atoms with Crippen LogP contribution in [-0.2, 0) is 6.54 Å². The van der Waals surface area contributed by atoms with Gasteiger partial charge in [0.15, 0.2) is 0 Å². The minimum Gasteiger partial charge on any atom is -0.497 e. The van der Waals surface area contributed by atoms with E-state index in [-0.39, 0.29) is 17.4 Å². The van der Waals surface area contributed by atoms with Gasteiger partial charge in [0.05, 0.1) is 30.9 Å².